The lowest BCUT2D eigenvalue weighted by molar-refractivity contribution is -0.114. The highest BCUT2D eigenvalue weighted by Gasteiger charge is 2.28. The lowest BCUT2D eigenvalue weighted by atomic mass is 10.2. The summed E-state index contributed by atoms with van der Waals surface area (Å²) in [6, 6.07) is 11.3. The minimum absolute atomic E-state index is 0.0825. The summed E-state index contributed by atoms with van der Waals surface area (Å²) in [4.78, 5) is 12.9. The van der Waals surface area contributed by atoms with E-state index < -0.39 is 22.5 Å². The van der Waals surface area contributed by atoms with E-state index >= 15 is 0 Å². The first-order valence-corrected chi connectivity index (χ1v) is 13.2. The second kappa shape index (κ2) is 10.2. The van der Waals surface area contributed by atoms with Gasteiger partial charge in [0.2, 0.25) is 11.0 Å². The van der Waals surface area contributed by atoms with Crippen molar-refractivity contribution >= 4 is 61.4 Å². The van der Waals surface area contributed by atoms with Crippen LogP contribution in [0.25, 0.3) is 0 Å². The van der Waals surface area contributed by atoms with Crippen LogP contribution in [0, 0.1) is 13.8 Å². The lowest BCUT2D eigenvalue weighted by Crippen LogP contribution is -2.38. The van der Waals surface area contributed by atoms with Crippen LogP contribution in [0.2, 0.25) is 5.02 Å². The Morgan fingerprint density at radius 1 is 1.16 bits per heavy atom. The number of sulfonamides is 1. The van der Waals surface area contributed by atoms with Crippen LogP contribution >= 0.6 is 34.7 Å². The zero-order valence-corrected chi connectivity index (χ0v) is 21.2. The summed E-state index contributed by atoms with van der Waals surface area (Å²) in [5.41, 5.74) is 2.03. The second-order valence-electron chi connectivity index (χ2n) is 7.35. The SMILES string of the molecule is Cc1ccc(S(=O)(=O)N(CC(=O)Nc2nnc(SC(C)C)s2)c2ccc(C)c(Cl)c2)cc1. The van der Waals surface area contributed by atoms with Crippen molar-refractivity contribution in [3.63, 3.8) is 0 Å². The molecule has 3 rings (SSSR count). The number of nitrogens with zero attached hydrogens (tertiary/aromatic N) is 3. The van der Waals surface area contributed by atoms with Crippen molar-refractivity contribution in [2.75, 3.05) is 16.2 Å². The minimum atomic E-state index is -4.02. The van der Waals surface area contributed by atoms with Crippen molar-refractivity contribution in [2.24, 2.45) is 0 Å². The maximum atomic E-state index is 13.4. The number of aromatic nitrogens is 2. The number of benzene rings is 2. The maximum absolute atomic E-state index is 13.4. The van der Waals surface area contributed by atoms with Gasteiger partial charge in [0, 0.05) is 10.3 Å². The van der Waals surface area contributed by atoms with Gasteiger partial charge in [-0.3, -0.25) is 14.4 Å². The van der Waals surface area contributed by atoms with Crippen LogP contribution in [0.15, 0.2) is 51.7 Å². The van der Waals surface area contributed by atoms with Crippen molar-refractivity contribution in [2.45, 2.75) is 42.2 Å². The smallest absolute Gasteiger partial charge is 0.264 e. The first-order valence-electron chi connectivity index (χ1n) is 9.72. The Hall–Kier alpha value is -2.14. The number of hydrogen-bond donors (Lipinski definition) is 1. The van der Waals surface area contributed by atoms with Crippen LogP contribution in [-0.4, -0.2) is 36.3 Å². The molecule has 0 saturated carbocycles. The van der Waals surface area contributed by atoms with Crippen LogP contribution < -0.4 is 9.62 Å². The van der Waals surface area contributed by atoms with E-state index in [2.05, 4.69) is 15.5 Å². The van der Waals surface area contributed by atoms with Gasteiger partial charge in [-0.05, 0) is 43.7 Å². The molecular weight excluding hydrogens is 488 g/mol. The molecule has 170 valence electrons. The number of carbonyl (C=O) groups excluding carboxylic acids is 1. The molecule has 1 heterocycles. The number of amides is 1. The van der Waals surface area contributed by atoms with E-state index in [9.17, 15) is 13.2 Å². The molecule has 0 bridgehead atoms. The number of hydrogen-bond acceptors (Lipinski definition) is 7. The number of aryl methyl sites for hydroxylation is 2. The molecule has 3 aromatic rings. The first kappa shape index (κ1) is 24.5. The molecule has 0 unspecified atom stereocenters. The number of nitrogens with one attached hydrogen (secondary N) is 1. The molecule has 0 saturated heterocycles. The Kier molecular flexibility index (Phi) is 7.81. The zero-order valence-electron chi connectivity index (χ0n) is 18.0. The molecule has 1 amide bonds. The molecule has 0 aliphatic rings. The second-order valence-corrected chi connectivity index (χ2v) is 12.4. The fourth-order valence-corrected chi connectivity index (χ4v) is 6.27. The Morgan fingerprint density at radius 3 is 2.47 bits per heavy atom. The molecule has 11 heteroatoms. The lowest BCUT2D eigenvalue weighted by Gasteiger charge is -2.24. The summed E-state index contributed by atoms with van der Waals surface area (Å²) in [5, 5.41) is 11.7. The minimum Gasteiger partial charge on any atom is -0.299 e. The number of carbonyl (C=O) groups is 1. The van der Waals surface area contributed by atoms with E-state index in [0.717, 1.165) is 19.8 Å². The predicted octanol–water partition coefficient (Wildman–Crippen LogP) is 5.14. The maximum Gasteiger partial charge on any atom is 0.264 e. The van der Waals surface area contributed by atoms with E-state index in [1.54, 1.807) is 24.3 Å². The van der Waals surface area contributed by atoms with Crippen molar-refractivity contribution < 1.29 is 13.2 Å². The van der Waals surface area contributed by atoms with Gasteiger partial charge in [0.25, 0.3) is 10.0 Å². The summed E-state index contributed by atoms with van der Waals surface area (Å²) >= 11 is 9.02. The molecule has 0 atom stereocenters. The molecule has 2 aromatic carbocycles. The topological polar surface area (TPSA) is 92.3 Å². The number of anilines is 2. The number of thioether (sulfide) groups is 1. The van der Waals surface area contributed by atoms with Crippen LogP contribution in [0.3, 0.4) is 0 Å². The summed E-state index contributed by atoms with van der Waals surface area (Å²) in [6.07, 6.45) is 0. The van der Waals surface area contributed by atoms with Crippen molar-refractivity contribution in [3.05, 3.63) is 58.6 Å². The third kappa shape index (κ3) is 6.00. The number of rotatable bonds is 8. The summed E-state index contributed by atoms with van der Waals surface area (Å²) in [5.74, 6) is -0.533. The first-order chi connectivity index (χ1) is 15.1. The summed E-state index contributed by atoms with van der Waals surface area (Å²) in [7, 11) is -4.02. The fraction of sp³-hybridized carbons (Fsp3) is 0.286. The van der Waals surface area contributed by atoms with Gasteiger partial charge in [0.1, 0.15) is 6.54 Å². The third-order valence-electron chi connectivity index (χ3n) is 4.33. The van der Waals surface area contributed by atoms with Crippen molar-refractivity contribution in [3.8, 4) is 0 Å². The molecular formula is C21H23ClN4O3S3. The van der Waals surface area contributed by atoms with Gasteiger partial charge in [-0.15, -0.1) is 10.2 Å². The Labute approximate surface area is 201 Å². The highest BCUT2D eigenvalue weighted by molar-refractivity contribution is 8.01. The molecule has 0 aliphatic carbocycles. The van der Waals surface area contributed by atoms with E-state index in [4.69, 9.17) is 11.6 Å². The van der Waals surface area contributed by atoms with E-state index in [-0.39, 0.29) is 4.90 Å². The molecule has 0 aliphatic heterocycles. The Morgan fingerprint density at radius 2 is 1.84 bits per heavy atom. The normalized spacial score (nSPS) is 11.6. The number of halogens is 1. The fourth-order valence-electron chi connectivity index (χ4n) is 2.69. The van der Waals surface area contributed by atoms with Gasteiger partial charge in [0.15, 0.2) is 4.34 Å². The van der Waals surface area contributed by atoms with Gasteiger partial charge in [-0.25, -0.2) is 8.42 Å². The molecule has 0 fully saturated rings. The highest BCUT2D eigenvalue weighted by atomic mass is 35.5. The largest absolute Gasteiger partial charge is 0.299 e. The highest BCUT2D eigenvalue weighted by Crippen LogP contribution is 2.30. The molecule has 7 nitrogen and oxygen atoms in total. The van der Waals surface area contributed by atoms with Crippen LogP contribution in [0.5, 0.6) is 0 Å². The quantitative estimate of drug-likeness (QED) is 0.333. The summed E-state index contributed by atoms with van der Waals surface area (Å²) in [6.45, 7) is 7.31. The van der Waals surface area contributed by atoms with Crippen molar-refractivity contribution in [1.29, 1.82) is 0 Å². The zero-order chi connectivity index (χ0) is 23.5. The van der Waals surface area contributed by atoms with Gasteiger partial charge in [0.05, 0.1) is 10.6 Å². The van der Waals surface area contributed by atoms with Crippen LogP contribution in [0.4, 0.5) is 10.8 Å². The van der Waals surface area contributed by atoms with Gasteiger partial charge in [-0.1, -0.05) is 72.3 Å². The predicted molar refractivity (Wildman–Crippen MR) is 131 cm³/mol. The molecule has 0 spiro atoms. The van der Waals surface area contributed by atoms with E-state index in [0.29, 0.717) is 21.1 Å². The molecule has 32 heavy (non-hydrogen) atoms. The average Bonchev–Trinajstić information content (AvgIpc) is 3.14. The molecule has 0 radical (unpaired) electrons. The van der Waals surface area contributed by atoms with Crippen LogP contribution in [0.1, 0.15) is 25.0 Å². The Bertz CT molecular complexity index is 1210. The van der Waals surface area contributed by atoms with Crippen LogP contribution in [-0.2, 0) is 14.8 Å². The van der Waals surface area contributed by atoms with Gasteiger partial charge >= 0.3 is 0 Å². The monoisotopic (exact) mass is 510 g/mol. The van der Waals surface area contributed by atoms with Gasteiger partial charge in [-0.2, -0.15) is 0 Å². The molecule has 1 N–H and O–H groups in total. The molecule has 1 aromatic heterocycles. The third-order valence-corrected chi connectivity index (χ3v) is 8.45. The van der Waals surface area contributed by atoms with E-state index in [1.165, 1.54) is 41.3 Å². The van der Waals surface area contributed by atoms with Gasteiger partial charge < -0.3 is 0 Å². The summed E-state index contributed by atoms with van der Waals surface area (Å²) < 4.78 is 28.6. The van der Waals surface area contributed by atoms with E-state index in [1.807, 2.05) is 27.7 Å². The Balaban J connectivity index is 1.90. The van der Waals surface area contributed by atoms with Crippen molar-refractivity contribution in [1.82, 2.24) is 10.2 Å². The average molecular weight is 511 g/mol. The standard InChI is InChI=1S/C21H23ClN4O3S3/c1-13(2)30-21-25-24-20(31-21)23-19(27)12-26(16-8-7-15(4)18(22)11-16)32(28,29)17-9-5-14(3)6-10-17/h5-11,13H,12H2,1-4H3,(H,23,24,27).